The molecule has 116 valence electrons. The average Bonchev–Trinajstić information content (AvgIpc) is 3.01. The van der Waals surface area contributed by atoms with Crippen LogP contribution in [-0.2, 0) is 6.42 Å². The van der Waals surface area contributed by atoms with Crippen molar-refractivity contribution in [2.45, 2.75) is 37.8 Å². The number of ether oxygens (including phenoxy) is 2. The standard InChI is InChI=1S/C17H26N2O2/c1-20-16-7-6-13(12-17(16)21-2)8-10-19-11-9-18-14-4-3-5-15(14)19/h6-7,12,14-15,18H,3-5,8-11H2,1-2H3/t14-,15+/m0/s1. The van der Waals surface area contributed by atoms with E-state index in [1.54, 1.807) is 14.2 Å². The van der Waals surface area contributed by atoms with Gasteiger partial charge in [0.2, 0.25) is 0 Å². The fraction of sp³-hybridized carbons (Fsp3) is 0.647. The molecule has 1 aromatic carbocycles. The van der Waals surface area contributed by atoms with Gasteiger partial charge in [0.15, 0.2) is 11.5 Å². The van der Waals surface area contributed by atoms with Crippen molar-refractivity contribution < 1.29 is 9.47 Å². The van der Waals surface area contributed by atoms with Crippen molar-refractivity contribution in [3.05, 3.63) is 23.8 Å². The minimum Gasteiger partial charge on any atom is -0.493 e. The minimum atomic E-state index is 0.726. The predicted molar refractivity (Wildman–Crippen MR) is 84.3 cm³/mol. The molecule has 2 aliphatic rings. The van der Waals surface area contributed by atoms with E-state index in [4.69, 9.17) is 9.47 Å². The molecule has 1 heterocycles. The van der Waals surface area contributed by atoms with E-state index in [-0.39, 0.29) is 0 Å². The normalized spacial score (nSPS) is 25.6. The third kappa shape index (κ3) is 3.16. The number of piperazine rings is 1. The zero-order valence-electron chi connectivity index (χ0n) is 13.1. The highest BCUT2D eigenvalue weighted by Gasteiger charge is 2.34. The lowest BCUT2D eigenvalue weighted by atomic mass is 10.1. The van der Waals surface area contributed by atoms with Crippen LogP contribution in [0.4, 0.5) is 0 Å². The topological polar surface area (TPSA) is 33.7 Å². The van der Waals surface area contributed by atoms with Crippen LogP contribution in [0.25, 0.3) is 0 Å². The van der Waals surface area contributed by atoms with Crippen LogP contribution >= 0.6 is 0 Å². The Bertz CT molecular complexity index is 478. The Morgan fingerprint density at radius 2 is 2.05 bits per heavy atom. The molecule has 4 heteroatoms. The first kappa shape index (κ1) is 14.7. The molecule has 3 rings (SSSR count). The molecule has 2 atom stereocenters. The number of hydrogen-bond donors (Lipinski definition) is 1. The number of methoxy groups -OCH3 is 2. The number of nitrogens with zero attached hydrogens (tertiary/aromatic N) is 1. The van der Waals surface area contributed by atoms with Crippen LogP contribution in [0.5, 0.6) is 11.5 Å². The fourth-order valence-electron chi connectivity index (χ4n) is 3.76. The summed E-state index contributed by atoms with van der Waals surface area (Å²) in [7, 11) is 3.37. The van der Waals surface area contributed by atoms with E-state index < -0.39 is 0 Å². The van der Waals surface area contributed by atoms with Crippen molar-refractivity contribution in [3.63, 3.8) is 0 Å². The van der Waals surface area contributed by atoms with Gasteiger partial charge in [0.25, 0.3) is 0 Å². The minimum absolute atomic E-state index is 0.726. The maximum Gasteiger partial charge on any atom is 0.160 e. The number of rotatable bonds is 5. The Morgan fingerprint density at radius 1 is 1.19 bits per heavy atom. The van der Waals surface area contributed by atoms with Gasteiger partial charge in [0, 0.05) is 31.7 Å². The number of fused-ring (bicyclic) bond motifs is 1. The number of benzene rings is 1. The lowest BCUT2D eigenvalue weighted by Crippen LogP contribution is -2.55. The van der Waals surface area contributed by atoms with Gasteiger partial charge in [0.05, 0.1) is 14.2 Å². The molecule has 1 aliphatic carbocycles. The summed E-state index contributed by atoms with van der Waals surface area (Å²) >= 11 is 0. The van der Waals surface area contributed by atoms with E-state index in [9.17, 15) is 0 Å². The lowest BCUT2D eigenvalue weighted by Gasteiger charge is -2.38. The monoisotopic (exact) mass is 290 g/mol. The van der Waals surface area contributed by atoms with E-state index in [1.165, 1.54) is 31.4 Å². The molecule has 1 aliphatic heterocycles. The molecule has 1 saturated carbocycles. The largest absolute Gasteiger partial charge is 0.493 e. The van der Waals surface area contributed by atoms with Gasteiger partial charge < -0.3 is 14.8 Å². The molecule has 1 N–H and O–H groups in total. The molecule has 0 bridgehead atoms. The van der Waals surface area contributed by atoms with Crippen LogP contribution in [0.3, 0.4) is 0 Å². The molecule has 0 aromatic heterocycles. The molecule has 4 nitrogen and oxygen atoms in total. The lowest BCUT2D eigenvalue weighted by molar-refractivity contribution is 0.138. The molecule has 0 unspecified atom stereocenters. The van der Waals surface area contributed by atoms with Gasteiger partial charge in [0.1, 0.15) is 0 Å². The Hall–Kier alpha value is -1.26. The van der Waals surface area contributed by atoms with E-state index in [0.29, 0.717) is 0 Å². The van der Waals surface area contributed by atoms with E-state index in [0.717, 1.165) is 43.1 Å². The van der Waals surface area contributed by atoms with Gasteiger partial charge in [-0.15, -0.1) is 0 Å². The van der Waals surface area contributed by atoms with Crippen molar-refractivity contribution in [1.82, 2.24) is 10.2 Å². The third-order valence-corrected chi connectivity index (χ3v) is 4.89. The van der Waals surface area contributed by atoms with Crippen LogP contribution in [-0.4, -0.2) is 50.8 Å². The molecule has 1 saturated heterocycles. The Morgan fingerprint density at radius 3 is 2.86 bits per heavy atom. The second-order valence-corrected chi connectivity index (χ2v) is 6.03. The summed E-state index contributed by atoms with van der Waals surface area (Å²) in [6.45, 7) is 3.44. The fourth-order valence-corrected chi connectivity index (χ4v) is 3.76. The van der Waals surface area contributed by atoms with Gasteiger partial charge in [-0.3, -0.25) is 4.90 Å². The molecule has 0 radical (unpaired) electrons. The van der Waals surface area contributed by atoms with Crippen LogP contribution in [0, 0.1) is 0 Å². The number of nitrogens with one attached hydrogen (secondary N) is 1. The summed E-state index contributed by atoms with van der Waals surface area (Å²) in [4.78, 5) is 2.67. The van der Waals surface area contributed by atoms with Gasteiger partial charge in [-0.25, -0.2) is 0 Å². The highest BCUT2D eigenvalue weighted by atomic mass is 16.5. The Labute approximate surface area is 127 Å². The van der Waals surface area contributed by atoms with Gasteiger partial charge in [-0.2, -0.15) is 0 Å². The highest BCUT2D eigenvalue weighted by molar-refractivity contribution is 5.42. The summed E-state index contributed by atoms with van der Waals surface area (Å²) in [5.74, 6) is 1.63. The predicted octanol–water partition coefficient (Wildman–Crippen LogP) is 2.07. The SMILES string of the molecule is COc1ccc(CCN2CCN[C@H]3CCC[C@H]32)cc1OC. The highest BCUT2D eigenvalue weighted by Crippen LogP contribution is 2.29. The molecule has 0 spiro atoms. The van der Waals surface area contributed by atoms with E-state index in [1.807, 2.05) is 6.07 Å². The van der Waals surface area contributed by atoms with Gasteiger partial charge >= 0.3 is 0 Å². The Balaban J connectivity index is 1.62. The first-order valence-corrected chi connectivity index (χ1v) is 8.00. The van der Waals surface area contributed by atoms with Gasteiger partial charge in [-0.1, -0.05) is 12.5 Å². The second kappa shape index (κ2) is 6.67. The van der Waals surface area contributed by atoms with Crippen molar-refractivity contribution in [3.8, 4) is 11.5 Å². The average molecular weight is 290 g/mol. The summed E-state index contributed by atoms with van der Waals surface area (Å²) in [6, 6.07) is 7.73. The summed E-state index contributed by atoms with van der Waals surface area (Å²) in [5, 5.41) is 3.66. The number of hydrogen-bond acceptors (Lipinski definition) is 4. The zero-order chi connectivity index (χ0) is 14.7. The first-order valence-electron chi connectivity index (χ1n) is 8.00. The second-order valence-electron chi connectivity index (χ2n) is 6.03. The van der Waals surface area contributed by atoms with Crippen molar-refractivity contribution >= 4 is 0 Å². The maximum absolute atomic E-state index is 5.39. The molecule has 1 aromatic rings. The van der Waals surface area contributed by atoms with E-state index >= 15 is 0 Å². The smallest absolute Gasteiger partial charge is 0.160 e. The van der Waals surface area contributed by atoms with Crippen LogP contribution in [0.2, 0.25) is 0 Å². The molecule has 2 fully saturated rings. The molecule has 21 heavy (non-hydrogen) atoms. The van der Waals surface area contributed by atoms with Crippen LogP contribution in [0.15, 0.2) is 18.2 Å². The molecule has 0 amide bonds. The molecular formula is C17H26N2O2. The van der Waals surface area contributed by atoms with Crippen molar-refractivity contribution in [2.24, 2.45) is 0 Å². The van der Waals surface area contributed by atoms with Gasteiger partial charge in [-0.05, 0) is 37.0 Å². The molecular weight excluding hydrogens is 264 g/mol. The zero-order valence-corrected chi connectivity index (χ0v) is 13.1. The van der Waals surface area contributed by atoms with Crippen LogP contribution in [0.1, 0.15) is 24.8 Å². The maximum atomic E-state index is 5.39. The summed E-state index contributed by atoms with van der Waals surface area (Å²) in [5.41, 5.74) is 1.32. The van der Waals surface area contributed by atoms with E-state index in [2.05, 4.69) is 22.3 Å². The summed E-state index contributed by atoms with van der Waals surface area (Å²) in [6.07, 6.45) is 5.14. The Kier molecular flexibility index (Phi) is 4.66. The first-order chi connectivity index (χ1) is 10.3. The van der Waals surface area contributed by atoms with Crippen molar-refractivity contribution in [2.75, 3.05) is 33.9 Å². The van der Waals surface area contributed by atoms with Crippen LogP contribution < -0.4 is 14.8 Å². The third-order valence-electron chi connectivity index (χ3n) is 4.89. The summed E-state index contributed by atoms with van der Waals surface area (Å²) < 4.78 is 10.7. The van der Waals surface area contributed by atoms with Crippen molar-refractivity contribution in [1.29, 1.82) is 0 Å². The quantitative estimate of drug-likeness (QED) is 0.900.